The van der Waals surface area contributed by atoms with Crippen LogP contribution in [0.5, 0.6) is 0 Å². The number of aromatic nitrogens is 1. The van der Waals surface area contributed by atoms with Crippen LogP contribution in [-0.2, 0) is 16.4 Å². The number of aliphatic hydroxyl groups excluding tert-OH is 1. The summed E-state index contributed by atoms with van der Waals surface area (Å²) < 4.78 is 28.7. The van der Waals surface area contributed by atoms with E-state index in [0.29, 0.717) is 24.5 Å². The van der Waals surface area contributed by atoms with Crippen molar-refractivity contribution in [1.82, 2.24) is 4.98 Å². The molecule has 2 aromatic carbocycles. The summed E-state index contributed by atoms with van der Waals surface area (Å²) in [6.45, 7) is 2.70. The van der Waals surface area contributed by atoms with Crippen molar-refractivity contribution in [3.63, 3.8) is 0 Å². The summed E-state index contributed by atoms with van der Waals surface area (Å²) >= 11 is 0. The van der Waals surface area contributed by atoms with Gasteiger partial charge in [0.1, 0.15) is 6.26 Å². The van der Waals surface area contributed by atoms with E-state index in [0.717, 1.165) is 11.4 Å². The SMILES string of the molecule is C[C@@H](O)CN(Cc1coc(-c2ccc(S(C)(=O)=O)cc2)n1)c1ccccc1. The zero-order chi connectivity index (χ0) is 19.4. The van der Waals surface area contributed by atoms with Crippen molar-refractivity contribution < 1.29 is 17.9 Å². The van der Waals surface area contributed by atoms with E-state index in [-0.39, 0.29) is 4.90 Å². The molecule has 0 saturated carbocycles. The lowest BCUT2D eigenvalue weighted by Gasteiger charge is -2.25. The Balaban J connectivity index is 1.80. The Morgan fingerprint density at radius 2 is 1.78 bits per heavy atom. The van der Waals surface area contributed by atoms with Gasteiger partial charge >= 0.3 is 0 Å². The summed E-state index contributed by atoms with van der Waals surface area (Å²) in [4.78, 5) is 6.79. The highest BCUT2D eigenvalue weighted by molar-refractivity contribution is 7.90. The van der Waals surface area contributed by atoms with E-state index in [4.69, 9.17) is 4.42 Å². The van der Waals surface area contributed by atoms with Crippen molar-refractivity contribution in [3.8, 4) is 11.5 Å². The minimum Gasteiger partial charge on any atom is -0.444 e. The summed E-state index contributed by atoms with van der Waals surface area (Å²) in [6.07, 6.45) is 2.27. The molecule has 1 aromatic heterocycles. The molecule has 6 nitrogen and oxygen atoms in total. The molecule has 0 spiro atoms. The summed E-state index contributed by atoms with van der Waals surface area (Å²) in [7, 11) is -3.24. The number of sulfone groups is 1. The molecule has 0 aliphatic heterocycles. The number of anilines is 1. The monoisotopic (exact) mass is 386 g/mol. The Labute approximate surface area is 159 Å². The number of para-hydroxylation sites is 1. The van der Waals surface area contributed by atoms with Gasteiger partial charge in [-0.05, 0) is 43.3 Å². The van der Waals surface area contributed by atoms with Gasteiger partial charge in [-0.15, -0.1) is 0 Å². The van der Waals surface area contributed by atoms with E-state index >= 15 is 0 Å². The van der Waals surface area contributed by atoms with Crippen molar-refractivity contribution in [2.45, 2.75) is 24.5 Å². The van der Waals surface area contributed by atoms with Crippen LogP contribution in [0, 0.1) is 0 Å². The van der Waals surface area contributed by atoms with Gasteiger partial charge < -0.3 is 14.4 Å². The standard InChI is InChI=1S/C20H22N2O4S/c1-15(23)12-22(18-6-4-3-5-7-18)13-17-14-26-20(21-17)16-8-10-19(11-9-16)27(2,24)25/h3-11,14-15,23H,12-13H2,1-2H3/t15-/m1/s1. The molecule has 3 aromatic rings. The Hall–Kier alpha value is -2.64. The first-order chi connectivity index (χ1) is 12.8. The number of aliphatic hydroxyl groups is 1. The maximum Gasteiger partial charge on any atom is 0.226 e. The fraction of sp³-hybridized carbons (Fsp3) is 0.250. The first kappa shape index (κ1) is 19.1. The van der Waals surface area contributed by atoms with Crippen molar-refractivity contribution in [2.75, 3.05) is 17.7 Å². The minimum atomic E-state index is -3.24. The predicted octanol–water partition coefficient (Wildman–Crippen LogP) is 3.13. The maximum atomic E-state index is 11.6. The number of oxazole rings is 1. The van der Waals surface area contributed by atoms with E-state index < -0.39 is 15.9 Å². The van der Waals surface area contributed by atoms with Crippen LogP contribution in [0.4, 0.5) is 5.69 Å². The van der Waals surface area contributed by atoms with Crippen molar-refractivity contribution in [3.05, 3.63) is 66.6 Å². The molecule has 3 rings (SSSR count). The highest BCUT2D eigenvalue weighted by atomic mass is 32.2. The smallest absolute Gasteiger partial charge is 0.226 e. The van der Waals surface area contributed by atoms with Crippen molar-refractivity contribution >= 4 is 15.5 Å². The lowest BCUT2D eigenvalue weighted by atomic mass is 10.2. The van der Waals surface area contributed by atoms with E-state index in [1.807, 2.05) is 35.2 Å². The van der Waals surface area contributed by atoms with E-state index in [1.54, 1.807) is 25.3 Å². The van der Waals surface area contributed by atoms with Crippen LogP contribution >= 0.6 is 0 Å². The fourth-order valence-electron chi connectivity index (χ4n) is 2.77. The number of nitrogens with zero attached hydrogens (tertiary/aromatic N) is 2. The van der Waals surface area contributed by atoms with Crippen LogP contribution in [0.1, 0.15) is 12.6 Å². The molecule has 27 heavy (non-hydrogen) atoms. The normalized spacial score (nSPS) is 12.7. The van der Waals surface area contributed by atoms with Crippen molar-refractivity contribution in [1.29, 1.82) is 0 Å². The molecule has 0 saturated heterocycles. The molecule has 1 atom stereocenters. The van der Waals surface area contributed by atoms with Crippen molar-refractivity contribution in [2.24, 2.45) is 0 Å². The molecule has 1 heterocycles. The van der Waals surface area contributed by atoms with Gasteiger partial charge in [0.2, 0.25) is 5.89 Å². The third-order valence-corrected chi connectivity index (χ3v) is 5.17. The molecule has 0 aliphatic carbocycles. The van der Waals surface area contributed by atoms with E-state index in [2.05, 4.69) is 4.98 Å². The summed E-state index contributed by atoms with van der Waals surface area (Å²) in [6, 6.07) is 16.2. The largest absolute Gasteiger partial charge is 0.444 e. The van der Waals surface area contributed by atoms with Gasteiger partial charge in [0.05, 0.1) is 23.2 Å². The molecule has 0 radical (unpaired) electrons. The maximum absolute atomic E-state index is 11.6. The third kappa shape index (κ3) is 4.96. The zero-order valence-electron chi connectivity index (χ0n) is 15.2. The number of hydrogen-bond acceptors (Lipinski definition) is 6. The van der Waals surface area contributed by atoms with Crippen LogP contribution in [-0.4, -0.2) is 37.4 Å². The summed E-state index contributed by atoms with van der Waals surface area (Å²) in [5.41, 5.74) is 2.41. The molecule has 0 aliphatic rings. The van der Waals surface area contributed by atoms with Gasteiger partial charge in [-0.1, -0.05) is 18.2 Å². The molecule has 0 fully saturated rings. The fourth-order valence-corrected chi connectivity index (χ4v) is 3.40. The lowest BCUT2D eigenvalue weighted by Crippen LogP contribution is -2.30. The number of hydrogen-bond donors (Lipinski definition) is 1. The molecular formula is C20H22N2O4S. The molecule has 0 amide bonds. The Bertz CT molecular complexity index is 980. The van der Waals surface area contributed by atoms with Crippen LogP contribution in [0.2, 0.25) is 0 Å². The quantitative estimate of drug-likeness (QED) is 0.672. The second-order valence-corrected chi connectivity index (χ2v) is 8.52. The average molecular weight is 386 g/mol. The Morgan fingerprint density at radius 3 is 2.37 bits per heavy atom. The molecule has 0 bridgehead atoms. The van der Waals surface area contributed by atoms with E-state index in [9.17, 15) is 13.5 Å². The molecule has 0 unspecified atom stereocenters. The minimum absolute atomic E-state index is 0.255. The van der Waals surface area contributed by atoms with Gasteiger partial charge in [0.15, 0.2) is 9.84 Å². The van der Waals surface area contributed by atoms with Gasteiger partial charge in [-0.3, -0.25) is 0 Å². The van der Waals surface area contributed by atoms with Crippen LogP contribution in [0.15, 0.2) is 70.2 Å². The Kier molecular flexibility index (Phi) is 5.62. The highest BCUT2D eigenvalue weighted by Gasteiger charge is 2.14. The van der Waals surface area contributed by atoms with Gasteiger partial charge in [-0.25, -0.2) is 13.4 Å². The second-order valence-electron chi connectivity index (χ2n) is 6.51. The van der Waals surface area contributed by atoms with Gasteiger partial charge in [-0.2, -0.15) is 0 Å². The second kappa shape index (κ2) is 7.94. The van der Waals surface area contributed by atoms with Gasteiger partial charge in [0, 0.05) is 24.1 Å². The third-order valence-electron chi connectivity index (χ3n) is 4.04. The van der Waals surface area contributed by atoms with Crippen LogP contribution in [0.3, 0.4) is 0 Å². The molecule has 142 valence electrons. The number of rotatable bonds is 7. The molecular weight excluding hydrogens is 364 g/mol. The highest BCUT2D eigenvalue weighted by Crippen LogP contribution is 2.23. The Morgan fingerprint density at radius 1 is 1.11 bits per heavy atom. The topological polar surface area (TPSA) is 83.6 Å². The first-order valence-electron chi connectivity index (χ1n) is 8.56. The summed E-state index contributed by atoms with van der Waals surface area (Å²) in [5, 5.41) is 9.80. The molecule has 7 heteroatoms. The van der Waals surface area contributed by atoms with Crippen LogP contribution in [0.25, 0.3) is 11.5 Å². The molecule has 1 N–H and O–H groups in total. The van der Waals surface area contributed by atoms with Gasteiger partial charge in [0.25, 0.3) is 0 Å². The summed E-state index contributed by atoms with van der Waals surface area (Å²) in [5.74, 6) is 0.426. The first-order valence-corrected chi connectivity index (χ1v) is 10.4. The lowest BCUT2D eigenvalue weighted by molar-refractivity contribution is 0.199. The van der Waals surface area contributed by atoms with E-state index in [1.165, 1.54) is 18.4 Å². The zero-order valence-corrected chi connectivity index (χ0v) is 16.1. The number of benzene rings is 2. The average Bonchev–Trinajstić information content (AvgIpc) is 3.09. The predicted molar refractivity (Wildman–Crippen MR) is 104 cm³/mol. The van der Waals surface area contributed by atoms with Crippen LogP contribution < -0.4 is 4.90 Å².